The highest BCUT2D eigenvalue weighted by Gasteiger charge is 2.32. The van der Waals surface area contributed by atoms with Crippen LogP contribution in [0.15, 0.2) is 30.3 Å². The zero-order valence-corrected chi connectivity index (χ0v) is 17.2. The van der Waals surface area contributed by atoms with Crippen molar-refractivity contribution in [2.45, 2.75) is 76.9 Å². The average molecular weight is 379 g/mol. The Balaban J connectivity index is 0.00000243. The minimum Gasteiger partial charge on any atom is -0.326 e. The summed E-state index contributed by atoms with van der Waals surface area (Å²) in [5.41, 5.74) is 0.790. The maximum Gasteiger partial charge on any atom is 0.254 e. The first-order valence-electron chi connectivity index (χ1n) is 10.2. The standard InChI is InChI=1S/C22H34N2O.ClH/c1-18(23(2)22(25)20-13-7-4-8-14-20)24-16-10-9-15-21(24)17-19-11-5-3-6-12-19;/h4,7-8,13-14,18-19,21H,3,5-6,9-12,15-17H2,1-2H3;1H. The summed E-state index contributed by atoms with van der Waals surface area (Å²) < 4.78 is 0. The maximum atomic E-state index is 12.8. The van der Waals surface area contributed by atoms with Crippen LogP contribution >= 0.6 is 12.4 Å². The highest BCUT2D eigenvalue weighted by molar-refractivity contribution is 5.94. The van der Waals surface area contributed by atoms with Gasteiger partial charge < -0.3 is 4.90 Å². The first-order valence-corrected chi connectivity index (χ1v) is 10.2. The molecule has 0 bridgehead atoms. The Bertz CT molecular complexity index is 544. The van der Waals surface area contributed by atoms with Gasteiger partial charge in [0, 0.05) is 25.2 Å². The predicted molar refractivity (Wildman–Crippen MR) is 111 cm³/mol. The van der Waals surface area contributed by atoms with Gasteiger partial charge in [-0.3, -0.25) is 9.69 Å². The second-order valence-electron chi connectivity index (χ2n) is 8.04. The van der Waals surface area contributed by atoms with Crippen LogP contribution in [-0.2, 0) is 0 Å². The molecule has 1 amide bonds. The molecule has 1 aromatic carbocycles. The van der Waals surface area contributed by atoms with Crippen molar-refractivity contribution in [1.29, 1.82) is 0 Å². The number of halogens is 1. The lowest BCUT2D eigenvalue weighted by Crippen LogP contribution is -2.53. The minimum absolute atomic E-state index is 0. The van der Waals surface area contributed by atoms with E-state index in [1.54, 1.807) is 0 Å². The van der Waals surface area contributed by atoms with E-state index in [1.165, 1.54) is 57.8 Å². The minimum atomic E-state index is 0. The third-order valence-corrected chi connectivity index (χ3v) is 6.38. The number of carbonyl (C=O) groups is 1. The molecule has 0 aromatic heterocycles. The van der Waals surface area contributed by atoms with Gasteiger partial charge in [0.25, 0.3) is 5.91 Å². The van der Waals surface area contributed by atoms with E-state index in [9.17, 15) is 4.79 Å². The Morgan fingerprint density at radius 3 is 2.42 bits per heavy atom. The molecule has 1 heterocycles. The molecule has 4 heteroatoms. The van der Waals surface area contributed by atoms with Gasteiger partial charge >= 0.3 is 0 Å². The van der Waals surface area contributed by atoms with Crippen LogP contribution < -0.4 is 0 Å². The molecule has 26 heavy (non-hydrogen) atoms. The van der Waals surface area contributed by atoms with Crippen LogP contribution in [0.3, 0.4) is 0 Å². The van der Waals surface area contributed by atoms with Crippen LogP contribution in [0.4, 0.5) is 0 Å². The summed E-state index contributed by atoms with van der Waals surface area (Å²) in [4.78, 5) is 17.4. The number of likely N-dealkylation sites (tertiary alicyclic amines) is 1. The van der Waals surface area contributed by atoms with Gasteiger partial charge in [-0.25, -0.2) is 0 Å². The smallest absolute Gasteiger partial charge is 0.254 e. The Kier molecular flexibility index (Phi) is 8.43. The van der Waals surface area contributed by atoms with Crippen molar-refractivity contribution in [1.82, 2.24) is 9.80 Å². The van der Waals surface area contributed by atoms with E-state index < -0.39 is 0 Å². The molecule has 2 unspecified atom stereocenters. The molecule has 2 aliphatic rings. The maximum absolute atomic E-state index is 12.8. The van der Waals surface area contributed by atoms with Gasteiger partial charge in [-0.15, -0.1) is 12.4 Å². The van der Waals surface area contributed by atoms with Gasteiger partial charge in [-0.05, 0) is 44.2 Å². The second kappa shape index (κ2) is 10.3. The highest BCUT2D eigenvalue weighted by atomic mass is 35.5. The topological polar surface area (TPSA) is 23.6 Å². The number of amides is 1. The Labute approximate surface area is 165 Å². The van der Waals surface area contributed by atoms with Crippen LogP contribution in [-0.4, -0.2) is 41.5 Å². The monoisotopic (exact) mass is 378 g/mol. The van der Waals surface area contributed by atoms with E-state index in [1.807, 2.05) is 42.3 Å². The number of piperidine rings is 1. The van der Waals surface area contributed by atoms with Crippen LogP contribution in [0, 0.1) is 5.92 Å². The zero-order chi connectivity index (χ0) is 17.6. The largest absolute Gasteiger partial charge is 0.326 e. The van der Waals surface area contributed by atoms with E-state index in [0.29, 0.717) is 6.04 Å². The van der Waals surface area contributed by atoms with Crippen LogP contribution in [0.2, 0.25) is 0 Å². The molecular formula is C22H35ClN2O. The first kappa shape index (κ1) is 21.2. The van der Waals surface area contributed by atoms with Crippen LogP contribution in [0.1, 0.15) is 75.1 Å². The number of hydrogen-bond donors (Lipinski definition) is 0. The third kappa shape index (κ3) is 5.23. The molecule has 1 aromatic rings. The van der Waals surface area contributed by atoms with Gasteiger partial charge in [0.05, 0.1) is 6.17 Å². The number of carbonyl (C=O) groups excluding carboxylic acids is 1. The Hall–Kier alpha value is -1.06. The normalized spacial score (nSPS) is 23.1. The second-order valence-corrected chi connectivity index (χ2v) is 8.04. The summed E-state index contributed by atoms with van der Waals surface area (Å²) in [7, 11) is 1.96. The SMILES string of the molecule is CC(N(C)C(=O)c1ccccc1)N1CCCCC1CC1CCCCC1.Cl. The molecular weight excluding hydrogens is 344 g/mol. The van der Waals surface area contributed by atoms with Gasteiger partial charge in [0.1, 0.15) is 0 Å². The molecule has 1 aliphatic heterocycles. The van der Waals surface area contributed by atoms with Gasteiger partial charge in [-0.2, -0.15) is 0 Å². The molecule has 2 atom stereocenters. The summed E-state index contributed by atoms with van der Waals surface area (Å²) in [5.74, 6) is 1.04. The Morgan fingerprint density at radius 1 is 1.08 bits per heavy atom. The molecule has 3 rings (SSSR count). The number of benzene rings is 1. The van der Waals surface area contributed by atoms with E-state index in [2.05, 4.69) is 11.8 Å². The molecule has 146 valence electrons. The summed E-state index contributed by atoms with van der Waals surface area (Å²) in [6.07, 6.45) is 12.5. The molecule has 3 nitrogen and oxygen atoms in total. The first-order chi connectivity index (χ1) is 12.2. The summed E-state index contributed by atoms with van der Waals surface area (Å²) in [6, 6.07) is 10.3. The molecule has 0 spiro atoms. The zero-order valence-electron chi connectivity index (χ0n) is 16.4. The number of nitrogens with zero attached hydrogens (tertiary/aromatic N) is 2. The van der Waals surface area contributed by atoms with Gasteiger partial charge in [0.15, 0.2) is 0 Å². The molecule has 2 fully saturated rings. The fraction of sp³-hybridized carbons (Fsp3) is 0.682. The summed E-state index contributed by atoms with van der Waals surface area (Å²) >= 11 is 0. The van der Waals surface area contributed by atoms with Crippen molar-refractivity contribution in [3.8, 4) is 0 Å². The fourth-order valence-electron chi connectivity index (χ4n) is 4.75. The summed E-state index contributed by atoms with van der Waals surface area (Å²) in [5, 5.41) is 0. The quantitative estimate of drug-likeness (QED) is 0.689. The molecule has 0 radical (unpaired) electrons. The molecule has 0 N–H and O–H groups in total. The van der Waals surface area contributed by atoms with Crippen molar-refractivity contribution in [3.05, 3.63) is 35.9 Å². The molecule has 1 saturated carbocycles. The van der Waals surface area contributed by atoms with Crippen molar-refractivity contribution in [2.75, 3.05) is 13.6 Å². The molecule has 1 saturated heterocycles. The number of hydrogen-bond acceptors (Lipinski definition) is 2. The van der Waals surface area contributed by atoms with Crippen LogP contribution in [0.25, 0.3) is 0 Å². The lowest BCUT2D eigenvalue weighted by Gasteiger charge is -2.44. The van der Waals surface area contributed by atoms with Crippen LogP contribution in [0.5, 0.6) is 0 Å². The van der Waals surface area contributed by atoms with Crippen molar-refractivity contribution in [2.24, 2.45) is 5.92 Å². The van der Waals surface area contributed by atoms with Crippen molar-refractivity contribution in [3.63, 3.8) is 0 Å². The van der Waals surface area contributed by atoms with Crippen molar-refractivity contribution >= 4 is 18.3 Å². The Morgan fingerprint density at radius 2 is 1.73 bits per heavy atom. The number of rotatable bonds is 5. The van der Waals surface area contributed by atoms with Crippen molar-refractivity contribution < 1.29 is 4.79 Å². The van der Waals surface area contributed by atoms with Gasteiger partial charge in [-0.1, -0.05) is 56.7 Å². The lowest BCUT2D eigenvalue weighted by atomic mass is 9.82. The third-order valence-electron chi connectivity index (χ3n) is 6.38. The van der Waals surface area contributed by atoms with E-state index in [0.717, 1.165) is 18.0 Å². The lowest BCUT2D eigenvalue weighted by molar-refractivity contribution is 0.00822. The fourth-order valence-corrected chi connectivity index (χ4v) is 4.75. The van der Waals surface area contributed by atoms with E-state index in [-0.39, 0.29) is 24.5 Å². The predicted octanol–water partition coefficient (Wildman–Crippen LogP) is 5.35. The highest BCUT2D eigenvalue weighted by Crippen LogP contribution is 2.32. The van der Waals surface area contributed by atoms with E-state index in [4.69, 9.17) is 0 Å². The average Bonchev–Trinajstić information content (AvgIpc) is 2.68. The van der Waals surface area contributed by atoms with E-state index >= 15 is 0 Å². The molecule has 1 aliphatic carbocycles. The van der Waals surface area contributed by atoms with Gasteiger partial charge in [0.2, 0.25) is 0 Å². The summed E-state index contributed by atoms with van der Waals surface area (Å²) in [6.45, 7) is 3.34.